The fraction of sp³-hybridized carbons (Fsp3) is 0.727. The SMILES string of the molecule is O=S(=O)(C1CC1)N1CCN(Cc2ccon2)CC1. The highest BCUT2D eigenvalue weighted by atomic mass is 32.2. The van der Waals surface area contributed by atoms with E-state index in [0.29, 0.717) is 13.1 Å². The fourth-order valence-electron chi connectivity index (χ4n) is 2.27. The molecule has 1 aliphatic carbocycles. The van der Waals surface area contributed by atoms with Crippen molar-refractivity contribution >= 4 is 10.0 Å². The number of hydrogen-bond acceptors (Lipinski definition) is 5. The minimum atomic E-state index is -3.00. The lowest BCUT2D eigenvalue weighted by Crippen LogP contribution is -2.49. The second kappa shape index (κ2) is 4.64. The Labute approximate surface area is 107 Å². The van der Waals surface area contributed by atoms with Crippen molar-refractivity contribution in [3.8, 4) is 0 Å². The summed E-state index contributed by atoms with van der Waals surface area (Å²) in [5, 5.41) is 3.77. The van der Waals surface area contributed by atoms with Crippen molar-refractivity contribution in [3.05, 3.63) is 18.0 Å². The van der Waals surface area contributed by atoms with Gasteiger partial charge < -0.3 is 4.52 Å². The molecular formula is C11H17N3O3S. The number of nitrogens with zero attached hydrogens (tertiary/aromatic N) is 3. The molecule has 6 nitrogen and oxygen atoms in total. The molecule has 0 spiro atoms. The van der Waals surface area contributed by atoms with Crippen LogP contribution in [0.5, 0.6) is 0 Å². The molecule has 0 N–H and O–H groups in total. The van der Waals surface area contributed by atoms with Crippen LogP contribution in [0.15, 0.2) is 16.9 Å². The van der Waals surface area contributed by atoms with Crippen LogP contribution in [0.2, 0.25) is 0 Å². The lowest BCUT2D eigenvalue weighted by Gasteiger charge is -2.33. The zero-order chi connectivity index (χ0) is 12.6. The first-order valence-corrected chi connectivity index (χ1v) is 7.77. The minimum absolute atomic E-state index is 0.0976. The quantitative estimate of drug-likeness (QED) is 0.787. The molecule has 0 unspecified atom stereocenters. The average molecular weight is 271 g/mol. The van der Waals surface area contributed by atoms with Crippen LogP contribution in [-0.2, 0) is 16.6 Å². The van der Waals surface area contributed by atoms with Gasteiger partial charge in [-0.05, 0) is 12.8 Å². The number of sulfonamides is 1. The Morgan fingerprint density at radius 3 is 2.56 bits per heavy atom. The molecule has 1 aromatic heterocycles. The molecule has 1 saturated carbocycles. The Morgan fingerprint density at radius 2 is 2.00 bits per heavy atom. The minimum Gasteiger partial charge on any atom is -0.364 e. The largest absolute Gasteiger partial charge is 0.364 e. The van der Waals surface area contributed by atoms with Crippen molar-refractivity contribution < 1.29 is 12.9 Å². The Kier molecular flexibility index (Phi) is 3.13. The molecule has 2 fully saturated rings. The van der Waals surface area contributed by atoms with Crippen LogP contribution in [0.1, 0.15) is 18.5 Å². The van der Waals surface area contributed by atoms with Gasteiger partial charge in [-0.1, -0.05) is 5.16 Å². The summed E-state index contributed by atoms with van der Waals surface area (Å²) in [5.74, 6) is 0. The third-order valence-corrected chi connectivity index (χ3v) is 5.91. The van der Waals surface area contributed by atoms with Crippen LogP contribution in [0.4, 0.5) is 0 Å². The second-order valence-corrected chi connectivity index (χ2v) is 7.12. The van der Waals surface area contributed by atoms with Crippen molar-refractivity contribution in [1.29, 1.82) is 0 Å². The smallest absolute Gasteiger partial charge is 0.217 e. The summed E-state index contributed by atoms with van der Waals surface area (Å²) < 4.78 is 30.5. The standard InChI is InChI=1S/C11H17N3O3S/c15-18(16,11-1-2-11)14-6-4-13(5-7-14)9-10-3-8-17-12-10/h3,8,11H,1-2,4-7,9H2. The highest BCUT2D eigenvalue weighted by molar-refractivity contribution is 7.90. The van der Waals surface area contributed by atoms with Crippen LogP contribution in [-0.4, -0.2) is 54.2 Å². The maximum Gasteiger partial charge on any atom is 0.217 e. The summed E-state index contributed by atoms with van der Waals surface area (Å²) in [6.07, 6.45) is 3.23. The normalized spacial score (nSPS) is 23.3. The van der Waals surface area contributed by atoms with Gasteiger partial charge in [0.1, 0.15) is 6.26 Å². The second-order valence-electron chi connectivity index (χ2n) is 4.91. The molecular weight excluding hydrogens is 254 g/mol. The number of aromatic nitrogens is 1. The van der Waals surface area contributed by atoms with Crippen LogP contribution in [0, 0.1) is 0 Å². The van der Waals surface area contributed by atoms with E-state index in [9.17, 15) is 8.42 Å². The van der Waals surface area contributed by atoms with Crippen molar-refractivity contribution in [2.24, 2.45) is 0 Å². The van der Waals surface area contributed by atoms with E-state index in [1.807, 2.05) is 6.07 Å². The van der Waals surface area contributed by atoms with Crippen molar-refractivity contribution in [2.45, 2.75) is 24.6 Å². The van der Waals surface area contributed by atoms with Crippen LogP contribution in [0.25, 0.3) is 0 Å². The van der Waals surface area contributed by atoms with E-state index in [0.717, 1.165) is 38.2 Å². The van der Waals surface area contributed by atoms with E-state index in [-0.39, 0.29) is 5.25 Å². The number of rotatable bonds is 4. The molecule has 1 saturated heterocycles. The summed E-state index contributed by atoms with van der Waals surface area (Å²) in [5.41, 5.74) is 0.897. The molecule has 0 bridgehead atoms. The molecule has 1 aromatic rings. The summed E-state index contributed by atoms with van der Waals surface area (Å²) in [4.78, 5) is 2.21. The third kappa shape index (κ3) is 2.43. The van der Waals surface area contributed by atoms with Gasteiger partial charge in [0.25, 0.3) is 0 Å². The predicted octanol–water partition coefficient (Wildman–Crippen LogP) is 0.284. The predicted molar refractivity (Wildman–Crippen MR) is 65.3 cm³/mol. The topological polar surface area (TPSA) is 66.7 Å². The summed E-state index contributed by atoms with van der Waals surface area (Å²) >= 11 is 0. The average Bonchev–Trinajstić information content (AvgIpc) is 3.11. The van der Waals surface area contributed by atoms with Gasteiger partial charge in [0, 0.05) is 38.8 Å². The molecule has 0 radical (unpaired) electrons. The third-order valence-electron chi connectivity index (χ3n) is 3.51. The molecule has 2 aliphatic rings. The van der Waals surface area contributed by atoms with E-state index in [4.69, 9.17) is 4.52 Å². The molecule has 2 heterocycles. The molecule has 0 atom stereocenters. The van der Waals surface area contributed by atoms with E-state index < -0.39 is 10.0 Å². The molecule has 100 valence electrons. The van der Waals surface area contributed by atoms with Gasteiger partial charge >= 0.3 is 0 Å². The lowest BCUT2D eigenvalue weighted by atomic mass is 10.3. The van der Waals surface area contributed by atoms with Gasteiger partial charge in [-0.15, -0.1) is 0 Å². The maximum atomic E-state index is 12.1. The van der Waals surface area contributed by atoms with Crippen LogP contribution in [0.3, 0.4) is 0 Å². The Balaban J connectivity index is 1.55. The van der Waals surface area contributed by atoms with Gasteiger partial charge in [0.15, 0.2) is 0 Å². The highest BCUT2D eigenvalue weighted by Crippen LogP contribution is 2.31. The lowest BCUT2D eigenvalue weighted by molar-refractivity contribution is 0.177. The maximum absolute atomic E-state index is 12.1. The van der Waals surface area contributed by atoms with Crippen molar-refractivity contribution in [2.75, 3.05) is 26.2 Å². The van der Waals surface area contributed by atoms with Crippen molar-refractivity contribution in [1.82, 2.24) is 14.4 Å². The van der Waals surface area contributed by atoms with Gasteiger partial charge in [0.2, 0.25) is 10.0 Å². The van der Waals surface area contributed by atoms with Gasteiger partial charge in [-0.2, -0.15) is 4.31 Å². The summed E-state index contributed by atoms with van der Waals surface area (Å²) in [6, 6.07) is 1.84. The summed E-state index contributed by atoms with van der Waals surface area (Å²) in [7, 11) is -3.00. The van der Waals surface area contributed by atoms with Crippen LogP contribution >= 0.6 is 0 Å². The number of piperazine rings is 1. The fourth-order valence-corrected chi connectivity index (χ4v) is 4.09. The van der Waals surface area contributed by atoms with E-state index >= 15 is 0 Å². The van der Waals surface area contributed by atoms with Crippen LogP contribution < -0.4 is 0 Å². The molecule has 0 aromatic carbocycles. The summed E-state index contributed by atoms with van der Waals surface area (Å²) in [6.45, 7) is 3.44. The van der Waals surface area contributed by atoms with E-state index in [2.05, 4.69) is 10.1 Å². The number of hydrogen-bond donors (Lipinski definition) is 0. The first-order chi connectivity index (χ1) is 8.66. The monoisotopic (exact) mass is 271 g/mol. The Morgan fingerprint density at radius 1 is 1.28 bits per heavy atom. The molecule has 1 aliphatic heterocycles. The highest BCUT2D eigenvalue weighted by Gasteiger charge is 2.40. The van der Waals surface area contributed by atoms with Gasteiger partial charge in [0.05, 0.1) is 10.9 Å². The van der Waals surface area contributed by atoms with Gasteiger partial charge in [-0.3, -0.25) is 4.90 Å². The zero-order valence-corrected chi connectivity index (χ0v) is 11.0. The van der Waals surface area contributed by atoms with E-state index in [1.165, 1.54) is 0 Å². The molecule has 3 rings (SSSR count). The first-order valence-electron chi connectivity index (χ1n) is 6.27. The molecule has 18 heavy (non-hydrogen) atoms. The molecule has 7 heteroatoms. The molecule has 0 amide bonds. The zero-order valence-electron chi connectivity index (χ0n) is 10.2. The Bertz CT molecular complexity index is 488. The van der Waals surface area contributed by atoms with Gasteiger partial charge in [-0.25, -0.2) is 8.42 Å². The van der Waals surface area contributed by atoms with E-state index in [1.54, 1.807) is 10.6 Å². The van der Waals surface area contributed by atoms with Crippen molar-refractivity contribution in [3.63, 3.8) is 0 Å². The first kappa shape index (κ1) is 12.1. The Hall–Kier alpha value is -0.920.